The van der Waals surface area contributed by atoms with Crippen molar-refractivity contribution in [2.45, 2.75) is 38.7 Å². The summed E-state index contributed by atoms with van der Waals surface area (Å²) in [5.41, 5.74) is 0. The molecule has 0 spiro atoms. The molecule has 19 heavy (non-hydrogen) atoms. The number of aliphatic hydroxyl groups is 1. The lowest BCUT2D eigenvalue weighted by atomic mass is 10.2. The number of β-amino-alcohol motifs (C(OH)–C–C–N with tert-alkyl or cyclic N) is 1. The van der Waals surface area contributed by atoms with Crippen LogP contribution < -0.4 is 0 Å². The van der Waals surface area contributed by atoms with Crippen LogP contribution in [0.5, 0.6) is 0 Å². The molecule has 0 amide bonds. The zero-order chi connectivity index (χ0) is 13.9. The second kappa shape index (κ2) is 6.52. The van der Waals surface area contributed by atoms with E-state index in [1.54, 1.807) is 4.31 Å². The van der Waals surface area contributed by atoms with Crippen molar-refractivity contribution < 1.29 is 13.5 Å². The molecular formula is C13H26N2O3S. The molecule has 2 fully saturated rings. The topological polar surface area (TPSA) is 60.9 Å². The van der Waals surface area contributed by atoms with Gasteiger partial charge in [-0.15, -0.1) is 0 Å². The Morgan fingerprint density at radius 1 is 1.21 bits per heavy atom. The fraction of sp³-hybridized carbons (Fsp3) is 1.00. The minimum atomic E-state index is -3.06. The second-order valence-electron chi connectivity index (χ2n) is 5.77. The quantitative estimate of drug-likeness (QED) is 0.742. The molecule has 2 aliphatic rings. The number of piperazine rings is 1. The lowest BCUT2D eigenvalue weighted by Gasteiger charge is -2.35. The molecule has 0 radical (unpaired) electrons. The summed E-state index contributed by atoms with van der Waals surface area (Å²) in [6.45, 7) is 5.34. The highest BCUT2D eigenvalue weighted by molar-refractivity contribution is 7.89. The van der Waals surface area contributed by atoms with Crippen molar-refractivity contribution in [2.75, 3.05) is 38.5 Å². The minimum absolute atomic E-state index is 0.219. The summed E-state index contributed by atoms with van der Waals surface area (Å²) in [5.74, 6) is 0.764. The molecule has 0 aromatic rings. The average molecular weight is 290 g/mol. The molecule has 0 bridgehead atoms. The van der Waals surface area contributed by atoms with Crippen LogP contribution in [0, 0.1) is 5.92 Å². The van der Waals surface area contributed by atoms with E-state index in [-0.39, 0.29) is 11.9 Å². The second-order valence-corrected chi connectivity index (χ2v) is 7.86. The fourth-order valence-corrected chi connectivity index (χ4v) is 4.17. The van der Waals surface area contributed by atoms with Crippen LogP contribution in [-0.4, -0.2) is 67.3 Å². The summed E-state index contributed by atoms with van der Waals surface area (Å²) >= 11 is 0. The predicted octanol–water partition coefficient (Wildman–Crippen LogP) is 0.505. The molecule has 1 aliphatic carbocycles. The smallest absolute Gasteiger partial charge is 0.214 e. The van der Waals surface area contributed by atoms with Gasteiger partial charge in [0.2, 0.25) is 10.0 Å². The molecule has 2 rings (SSSR count). The van der Waals surface area contributed by atoms with E-state index in [1.165, 1.54) is 0 Å². The Bertz CT molecular complexity index is 373. The van der Waals surface area contributed by atoms with E-state index in [9.17, 15) is 13.5 Å². The van der Waals surface area contributed by atoms with Crippen molar-refractivity contribution in [1.82, 2.24) is 9.21 Å². The summed E-state index contributed by atoms with van der Waals surface area (Å²) in [5, 5.41) is 9.91. The first-order valence-electron chi connectivity index (χ1n) is 7.41. The SMILES string of the molecule is CCCCS(=O)(=O)N1CCN(CC(O)C2CC2)CC1. The van der Waals surface area contributed by atoms with Crippen molar-refractivity contribution in [1.29, 1.82) is 0 Å². The van der Waals surface area contributed by atoms with E-state index < -0.39 is 10.0 Å². The van der Waals surface area contributed by atoms with Gasteiger partial charge in [0, 0.05) is 32.7 Å². The van der Waals surface area contributed by atoms with Crippen LogP contribution in [0.2, 0.25) is 0 Å². The van der Waals surface area contributed by atoms with E-state index in [2.05, 4.69) is 4.90 Å². The molecule has 1 saturated heterocycles. The van der Waals surface area contributed by atoms with Crippen LogP contribution in [-0.2, 0) is 10.0 Å². The first kappa shape index (κ1) is 15.2. The third-order valence-electron chi connectivity index (χ3n) is 4.09. The fourth-order valence-electron chi connectivity index (χ4n) is 2.54. The molecule has 6 heteroatoms. The first-order chi connectivity index (χ1) is 9.03. The average Bonchev–Trinajstić information content (AvgIpc) is 3.21. The molecule has 0 aromatic carbocycles. The number of nitrogens with zero attached hydrogens (tertiary/aromatic N) is 2. The van der Waals surface area contributed by atoms with Gasteiger partial charge in [0.15, 0.2) is 0 Å². The van der Waals surface area contributed by atoms with Crippen molar-refractivity contribution in [3.8, 4) is 0 Å². The maximum absolute atomic E-state index is 12.0. The standard InChI is InChI=1S/C13H26N2O3S/c1-2-3-10-19(17,18)15-8-6-14(7-9-15)11-13(16)12-4-5-12/h12-13,16H,2-11H2,1H3. The maximum Gasteiger partial charge on any atom is 0.214 e. The molecule has 1 N–H and O–H groups in total. The van der Waals surface area contributed by atoms with Crippen LogP contribution in [0.15, 0.2) is 0 Å². The van der Waals surface area contributed by atoms with Gasteiger partial charge in [0.05, 0.1) is 11.9 Å². The Morgan fingerprint density at radius 3 is 2.37 bits per heavy atom. The van der Waals surface area contributed by atoms with Gasteiger partial charge in [0.1, 0.15) is 0 Å². The van der Waals surface area contributed by atoms with E-state index in [0.717, 1.165) is 38.8 Å². The van der Waals surface area contributed by atoms with Crippen LogP contribution in [0.1, 0.15) is 32.6 Å². The highest BCUT2D eigenvalue weighted by atomic mass is 32.2. The molecule has 1 heterocycles. The number of hydrogen-bond donors (Lipinski definition) is 1. The zero-order valence-corrected chi connectivity index (χ0v) is 12.6. The third kappa shape index (κ3) is 4.41. The number of hydrogen-bond acceptors (Lipinski definition) is 4. The van der Waals surface area contributed by atoms with Gasteiger partial charge in [0.25, 0.3) is 0 Å². The molecule has 112 valence electrons. The molecular weight excluding hydrogens is 264 g/mol. The van der Waals surface area contributed by atoms with Crippen LogP contribution in [0.25, 0.3) is 0 Å². The van der Waals surface area contributed by atoms with Crippen LogP contribution in [0.3, 0.4) is 0 Å². The van der Waals surface area contributed by atoms with Gasteiger partial charge in [-0.1, -0.05) is 13.3 Å². The lowest BCUT2D eigenvalue weighted by molar-refractivity contribution is 0.0782. The summed E-state index contributed by atoms with van der Waals surface area (Å²) in [6.07, 6.45) is 3.72. The Hall–Kier alpha value is -0.170. The number of rotatable bonds is 7. The molecule has 0 aromatic heterocycles. The number of aliphatic hydroxyl groups excluding tert-OH is 1. The number of unbranched alkanes of at least 4 members (excludes halogenated alkanes) is 1. The van der Waals surface area contributed by atoms with Gasteiger partial charge < -0.3 is 5.11 Å². The summed E-state index contributed by atoms with van der Waals surface area (Å²) in [6, 6.07) is 0. The van der Waals surface area contributed by atoms with E-state index in [4.69, 9.17) is 0 Å². The van der Waals surface area contributed by atoms with E-state index in [0.29, 0.717) is 25.6 Å². The lowest BCUT2D eigenvalue weighted by Crippen LogP contribution is -2.51. The summed E-state index contributed by atoms with van der Waals surface area (Å²) in [4.78, 5) is 2.19. The van der Waals surface area contributed by atoms with E-state index in [1.807, 2.05) is 6.92 Å². The van der Waals surface area contributed by atoms with Gasteiger partial charge in [-0.05, 0) is 25.2 Å². The monoisotopic (exact) mass is 290 g/mol. The third-order valence-corrected chi connectivity index (χ3v) is 6.05. The molecule has 1 unspecified atom stereocenters. The Morgan fingerprint density at radius 2 is 1.84 bits per heavy atom. The first-order valence-corrected chi connectivity index (χ1v) is 9.02. The van der Waals surface area contributed by atoms with Crippen molar-refractivity contribution in [2.24, 2.45) is 5.92 Å². The Balaban J connectivity index is 1.75. The normalized spacial score (nSPS) is 24.5. The Labute approximate surface area is 116 Å². The highest BCUT2D eigenvalue weighted by Crippen LogP contribution is 2.32. The summed E-state index contributed by atoms with van der Waals surface area (Å²) < 4.78 is 25.7. The van der Waals surface area contributed by atoms with Crippen molar-refractivity contribution in [3.05, 3.63) is 0 Å². The molecule has 1 aliphatic heterocycles. The number of sulfonamides is 1. The largest absolute Gasteiger partial charge is 0.392 e. The molecule has 1 saturated carbocycles. The minimum Gasteiger partial charge on any atom is -0.392 e. The maximum atomic E-state index is 12.0. The van der Waals surface area contributed by atoms with Gasteiger partial charge in [-0.3, -0.25) is 4.90 Å². The van der Waals surface area contributed by atoms with Crippen LogP contribution in [0.4, 0.5) is 0 Å². The summed E-state index contributed by atoms with van der Waals surface area (Å²) in [7, 11) is -3.06. The molecule has 5 nitrogen and oxygen atoms in total. The van der Waals surface area contributed by atoms with Crippen molar-refractivity contribution in [3.63, 3.8) is 0 Å². The Kier molecular flexibility index (Phi) is 5.22. The van der Waals surface area contributed by atoms with Gasteiger partial charge >= 0.3 is 0 Å². The zero-order valence-electron chi connectivity index (χ0n) is 11.8. The predicted molar refractivity (Wildman–Crippen MR) is 75.4 cm³/mol. The van der Waals surface area contributed by atoms with E-state index >= 15 is 0 Å². The van der Waals surface area contributed by atoms with Gasteiger partial charge in [-0.25, -0.2) is 8.42 Å². The highest BCUT2D eigenvalue weighted by Gasteiger charge is 2.32. The van der Waals surface area contributed by atoms with Crippen LogP contribution >= 0.6 is 0 Å². The van der Waals surface area contributed by atoms with Gasteiger partial charge in [-0.2, -0.15) is 4.31 Å². The van der Waals surface area contributed by atoms with Crippen molar-refractivity contribution >= 4 is 10.0 Å². The molecule has 1 atom stereocenters.